The first-order chi connectivity index (χ1) is 10.9. The Labute approximate surface area is 128 Å². The molecule has 0 amide bonds. The van der Waals surface area contributed by atoms with Gasteiger partial charge in [0, 0.05) is 0 Å². The summed E-state index contributed by atoms with van der Waals surface area (Å²) in [6.45, 7) is 0. The minimum Gasteiger partial charge on any atom is -0.0616 e. The highest BCUT2D eigenvalue weighted by molar-refractivity contribution is 6.21. The average Bonchev–Trinajstić information content (AvgIpc) is 2.60. The van der Waals surface area contributed by atoms with Crippen LogP contribution in [0.15, 0.2) is 78.9 Å². The monoisotopic (exact) mass is 277 g/mol. The maximum Gasteiger partial charge on any atom is -0.00923 e. The van der Waals surface area contributed by atoms with Gasteiger partial charge in [0.05, 0.1) is 0 Å². The minimum absolute atomic E-state index is 1.18. The second kappa shape index (κ2) is 4.32. The van der Waals surface area contributed by atoms with Crippen LogP contribution in [0.3, 0.4) is 0 Å². The van der Waals surface area contributed by atoms with E-state index in [4.69, 9.17) is 0 Å². The summed E-state index contributed by atoms with van der Waals surface area (Å²) in [5.41, 5.74) is 0. The van der Waals surface area contributed by atoms with Gasteiger partial charge >= 0.3 is 0 Å². The Morgan fingerprint density at radius 3 is 2.00 bits per heavy atom. The van der Waals surface area contributed by atoms with Gasteiger partial charge in [-0.1, -0.05) is 72.8 Å². The van der Waals surface area contributed by atoms with Gasteiger partial charge in [-0.2, -0.15) is 0 Å². The number of benzene rings is 5. The molecule has 0 heterocycles. The molecular formula is C22H13. The highest BCUT2D eigenvalue weighted by Crippen LogP contribution is 2.34. The third kappa shape index (κ3) is 1.52. The molecule has 0 saturated heterocycles. The standard InChI is InChI=1S/C22H13/c1-3-7-17-15(5-1)9-11-21-19(17)13-14-20-18-8-4-2-6-16(18)10-12-22(20)21/h1-9,11-14H. The van der Waals surface area contributed by atoms with Crippen LogP contribution in [0.4, 0.5) is 0 Å². The van der Waals surface area contributed by atoms with Crippen molar-refractivity contribution < 1.29 is 0 Å². The number of fused-ring (bicyclic) bond motifs is 7. The number of rotatable bonds is 0. The molecular weight excluding hydrogens is 264 g/mol. The molecule has 5 aromatic rings. The van der Waals surface area contributed by atoms with Crippen molar-refractivity contribution in [3.05, 3.63) is 84.9 Å². The lowest BCUT2D eigenvalue weighted by Gasteiger charge is -2.09. The first-order valence-electron chi connectivity index (χ1n) is 7.55. The lowest BCUT2D eigenvalue weighted by molar-refractivity contribution is 1.77. The van der Waals surface area contributed by atoms with E-state index < -0.39 is 0 Å². The maximum atomic E-state index is 3.43. The second-order valence-corrected chi connectivity index (χ2v) is 5.74. The molecule has 101 valence electrons. The summed E-state index contributed by atoms with van der Waals surface area (Å²) in [7, 11) is 0. The first kappa shape index (κ1) is 11.8. The summed E-state index contributed by atoms with van der Waals surface area (Å²) in [6.07, 6.45) is 0. The van der Waals surface area contributed by atoms with Crippen molar-refractivity contribution in [2.45, 2.75) is 0 Å². The molecule has 0 aliphatic carbocycles. The van der Waals surface area contributed by atoms with E-state index in [1.165, 1.54) is 43.1 Å². The molecule has 0 fully saturated rings. The van der Waals surface area contributed by atoms with Crippen LogP contribution in [0.5, 0.6) is 0 Å². The van der Waals surface area contributed by atoms with Gasteiger partial charge in [0.15, 0.2) is 0 Å². The maximum absolute atomic E-state index is 3.43. The third-order valence-electron chi connectivity index (χ3n) is 4.56. The van der Waals surface area contributed by atoms with E-state index in [1.54, 1.807) is 0 Å². The lowest BCUT2D eigenvalue weighted by Crippen LogP contribution is -1.82. The average molecular weight is 277 g/mol. The molecule has 0 heteroatoms. The van der Waals surface area contributed by atoms with Crippen molar-refractivity contribution >= 4 is 43.1 Å². The van der Waals surface area contributed by atoms with Crippen LogP contribution in [0.1, 0.15) is 0 Å². The molecule has 0 aromatic heterocycles. The molecule has 0 spiro atoms. The molecule has 0 saturated carbocycles. The van der Waals surface area contributed by atoms with Crippen LogP contribution in [0, 0.1) is 6.07 Å². The SMILES string of the molecule is [c]1cc2c(ccc3c4ccccc4ccc32)c2ccccc12. The van der Waals surface area contributed by atoms with Crippen LogP contribution in [-0.4, -0.2) is 0 Å². The largest absolute Gasteiger partial charge is 0.0616 e. The van der Waals surface area contributed by atoms with Crippen molar-refractivity contribution in [1.29, 1.82) is 0 Å². The van der Waals surface area contributed by atoms with E-state index >= 15 is 0 Å². The summed E-state index contributed by atoms with van der Waals surface area (Å²) in [5.74, 6) is 0. The normalized spacial score (nSPS) is 11.6. The van der Waals surface area contributed by atoms with Crippen LogP contribution in [0.2, 0.25) is 0 Å². The smallest absolute Gasteiger partial charge is 0.00923 e. The Hall–Kier alpha value is -2.86. The zero-order chi connectivity index (χ0) is 14.5. The van der Waals surface area contributed by atoms with E-state index in [1.807, 2.05) is 0 Å². The topological polar surface area (TPSA) is 0 Å². The van der Waals surface area contributed by atoms with Gasteiger partial charge in [-0.05, 0) is 55.2 Å². The molecule has 0 unspecified atom stereocenters. The van der Waals surface area contributed by atoms with E-state index in [0.717, 1.165) is 0 Å². The van der Waals surface area contributed by atoms with E-state index in [0.29, 0.717) is 0 Å². The van der Waals surface area contributed by atoms with E-state index in [2.05, 4.69) is 84.9 Å². The molecule has 0 nitrogen and oxygen atoms in total. The Kier molecular flexibility index (Phi) is 2.31. The van der Waals surface area contributed by atoms with Gasteiger partial charge < -0.3 is 0 Å². The van der Waals surface area contributed by atoms with Gasteiger partial charge in [-0.3, -0.25) is 0 Å². The van der Waals surface area contributed by atoms with Gasteiger partial charge in [-0.25, -0.2) is 0 Å². The second-order valence-electron chi connectivity index (χ2n) is 5.74. The number of hydrogen-bond acceptors (Lipinski definition) is 0. The molecule has 5 rings (SSSR count). The molecule has 0 aliphatic rings. The van der Waals surface area contributed by atoms with Gasteiger partial charge in [0.1, 0.15) is 0 Å². The van der Waals surface area contributed by atoms with Crippen LogP contribution >= 0.6 is 0 Å². The van der Waals surface area contributed by atoms with Crippen molar-refractivity contribution in [2.75, 3.05) is 0 Å². The summed E-state index contributed by atoms with van der Waals surface area (Å²) in [5, 5.41) is 10.3. The molecule has 1 radical (unpaired) electrons. The third-order valence-corrected chi connectivity index (χ3v) is 4.56. The van der Waals surface area contributed by atoms with Crippen molar-refractivity contribution in [2.24, 2.45) is 0 Å². The van der Waals surface area contributed by atoms with Crippen molar-refractivity contribution in [1.82, 2.24) is 0 Å². The predicted molar refractivity (Wildman–Crippen MR) is 95.3 cm³/mol. The predicted octanol–water partition coefficient (Wildman–Crippen LogP) is 6.10. The lowest BCUT2D eigenvalue weighted by atomic mass is 9.94. The molecule has 5 aromatic carbocycles. The quantitative estimate of drug-likeness (QED) is 0.300. The fourth-order valence-corrected chi connectivity index (χ4v) is 3.50. The first-order valence-corrected chi connectivity index (χ1v) is 7.55. The van der Waals surface area contributed by atoms with Crippen LogP contribution < -0.4 is 0 Å². The Morgan fingerprint density at radius 1 is 0.455 bits per heavy atom. The highest BCUT2D eigenvalue weighted by Gasteiger charge is 2.06. The molecule has 22 heavy (non-hydrogen) atoms. The minimum atomic E-state index is 1.18. The Bertz CT molecular complexity index is 1070. The molecule has 0 N–H and O–H groups in total. The summed E-state index contributed by atoms with van der Waals surface area (Å²) < 4.78 is 0. The fraction of sp³-hybridized carbons (Fsp3) is 0. The fourth-order valence-electron chi connectivity index (χ4n) is 3.50. The highest BCUT2D eigenvalue weighted by atomic mass is 14.1. The summed E-state index contributed by atoms with van der Waals surface area (Å²) in [4.78, 5) is 0. The Balaban J connectivity index is 2.04. The molecule has 0 atom stereocenters. The molecule has 0 bridgehead atoms. The van der Waals surface area contributed by atoms with Gasteiger partial charge in [0.2, 0.25) is 0 Å². The summed E-state index contributed by atoms with van der Waals surface area (Å²) >= 11 is 0. The Morgan fingerprint density at radius 2 is 1.09 bits per heavy atom. The molecule has 0 aliphatic heterocycles. The van der Waals surface area contributed by atoms with Gasteiger partial charge in [-0.15, -0.1) is 0 Å². The van der Waals surface area contributed by atoms with Gasteiger partial charge in [0.25, 0.3) is 0 Å². The van der Waals surface area contributed by atoms with E-state index in [-0.39, 0.29) is 0 Å². The van der Waals surface area contributed by atoms with Crippen molar-refractivity contribution in [3.8, 4) is 0 Å². The van der Waals surface area contributed by atoms with Crippen LogP contribution in [0.25, 0.3) is 43.1 Å². The van der Waals surface area contributed by atoms with Crippen LogP contribution in [-0.2, 0) is 0 Å². The zero-order valence-corrected chi connectivity index (χ0v) is 12.0. The number of hydrogen-bond donors (Lipinski definition) is 0. The van der Waals surface area contributed by atoms with Crippen molar-refractivity contribution in [3.63, 3.8) is 0 Å². The zero-order valence-electron chi connectivity index (χ0n) is 12.0. The van der Waals surface area contributed by atoms with E-state index in [9.17, 15) is 0 Å². The summed E-state index contributed by atoms with van der Waals surface area (Å²) in [6, 6.07) is 31.6.